The molecule has 0 aliphatic heterocycles. The van der Waals surface area contributed by atoms with E-state index in [1.165, 1.54) is 11.3 Å². The number of benzene rings is 1. The summed E-state index contributed by atoms with van der Waals surface area (Å²) in [5.74, 6) is 1.41. The Balaban J connectivity index is 1.81. The number of thiazole rings is 1. The lowest BCUT2D eigenvalue weighted by atomic mass is 10.2. The first-order valence-corrected chi connectivity index (χ1v) is 6.83. The number of rotatable bonds is 3. The Morgan fingerprint density at radius 1 is 1.21 bits per heavy atom. The summed E-state index contributed by atoms with van der Waals surface area (Å²) >= 11 is 7.26. The van der Waals surface area contributed by atoms with Gasteiger partial charge in [-0.15, -0.1) is 11.3 Å². The zero-order valence-corrected chi connectivity index (χ0v) is 11.4. The summed E-state index contributed by atoms with van der Waals surface area (Å²) < 4.78 is 0. The first-order chi connectivity index (χ1) is 9.20. The molecule has 0 spiro atoms. The van der Waals surface area contributed by atoms with Gasteiger partial charge in [0.15, 0.2) is 11.0 Å². The molecule has 3 aromatic rings. The number of nitrogens with two attached hydrogens (primary N) is 1. The summed E-state index contributed by atoms with van der Waals surface area (Å²) in [6, 6.07) is 7.40. The number of hydrogen-bond donors (Lipinski definition) is 2. The number of hydrogen-bond acceptors (Lipinski definition) is 5. The zero-order valence-electron chi connectivity index (χ0n) is 9.80. The maximum atomic E-state index is 5.85. The molecule has 0 saturated carbocycles. The maximum absolute atomic E-state index is 5.85. The van der Waals surface area contributed by atoms with Gasteiger partial charge in [-0.25, -0.2) is 9.97 Å². The number of aromatic amines is 1. The fourth-order valence-corrected chi connectivity index (χ4v) is 2.37. The van der Waals surface area contributed by atoms with Crippen LogP contribution in [0.5, 0.6) is 0 Å². The molecule has 0 aliphatic rings. The monoisotopic (exact) mass is 291 g/mol. The van der Waals surface area contributed by atoms with Gasteiger partial charge in [0.2, 0.25) is 0 Å². The van der Waals surface area contributed by atoms with Crippen LogP contribution in [0.2, 0.25) is 5.02 Å². The van der Waals surface area contributed by atoms with E-state index in [1.54, 1.807) is 0 Å². The summed E-state index contributed by atoms with van der Waals surface area (Å²) in [5.41, 5.74) is 7.40. The highest BCUT2D eigenvalue weighted by atomic mass is 35.5. The summed E-state index contributed by atoms with van der Waals surface area (Å²) in [7, 11) is 0. The molecule has 3 N–H and O–H groups in total. The molecule has 19 heavy (non-hydrogen) atoms. The zero-order chi connectivity index (χ0) is 13.2. The number of H-pyrrole nitrogens is 1. The molecule has 5 nitrogen and oxygen atoms in total. The van der Waals surface area contributed by atoms with Gasteiger partial charge in [0.25, 0.3) is 0 Å². The van der Waals surface area contributed by atoms with Gasteiger partial charge in [-0.05, 0) is 24.3 Å². The molecule has 7 heteroatoms. The van der Waals surface area contributed by atoms with Gasteiger partial charge in [0.1, 0.15) is 5.82 Å². The van der Waals surface area contributed by atoms with Gasteiger partial charge < -0.3 is 5.73 Å². The van der Waals surface area contributed by atoms with Gasteiger partial charge >= 0.3 is 0 Å². The first-order valence-electron chi connectivity index (χ1n) is 5.58. The topological polar surface area (TPSA) is 80.5 Å². The molecular formula is C12H10ClN5S. The van der Waals surface area contributed by atoms with E-state index in [9.17, 15) is 0 Å². The van der Waals surface area contributed by atoms with Crippen molar-refractivity contribution in [1.29, 1.82) is 0 Å². The Labute approximate surface area is 118 Å². The van der Waals surface area contributed by atoms with Crippen LogP contribution in [-0.2, 0) is 6.42 Å². The minimum atomic E-state index is 0.562. The van der Waals surface area contributed by atoms with Crippen molar-refractivity contribution in [3.8, 4) is 11.4 Å². The highest BCUT2D eigenvalue weighted by Gasteiger charge is 2.08. The molecule has 0 unspecified atom stereocenters. The van der Waals surface area contributed by atoms with Gasteiger partial charge in [0.05, 0.1) is 12.1 Å². The van der Waals surface area contributed by atoms with E-state index < -0.39 is 0 Å². The third kappa shape index (κ3) is 2.74. The van der Waals surface area contributed by atoms with E-state index in [4.69, 9.17) is 17.3 Å². The molecule has 0 bridgehead atoms. The van der Waals surface area contributed by atoms with Gasteiger partial charge in [-0.1, -0.05) is 11.6 Å². The number of anilines is 1. The largest absolute Gasteiger partial charge is 0.375 e. The lowest BCUT2D eigenvalue weighted by Gasteiger charge is -1.94. The molecule has 0 saturated heterocycles. The molecule has 0 radical (unpaired) electrons. The van der Waals surface area contributed by atoms with Crippen molar-refractivity contribution in [2.45, 2.75) is 6.42 Å². The highest BCUT2D eigenvalue weighted by Crippen LogP contribution is 2.19. The quantitative estimate of drug-likeness (QED) is 0.777. The summed E-state index contributed by atoms with van der Waals surface area (Å²) in [6.07, 6.45) is 0.592. The molecule has 0 fully saturated rings. The number of nitrogens with one attached hydrogen (secondary N) is 1. The second-order valence-corrected chi connectivity index (χ2v) is 5.29. The minimum absolute atomic E-state index is 0.562. The Morgan fingerprint density at radius 3 is 2.68 bits per heavy atom. The van der Waals surface area contributed by atoms with Crippen molar-refractivity contribution in [2.24, 2.45) is 0 Å². The Bertz CT molecular complexity index is 688. The van der Waals surface area contributed by atoms with Crippen LogP contribution >= 0.6 is 22.9 Å². The second kappa shape index (κ2) is 4.99. The molecule has 0 aliphatic carbocycles. The fraction of sp³-hybridized carbons (Fsp3) is 0.0833. The third-order valence-electron chi connectivity index (χ3n) is 2.55. The smallest absolute Gasteiger partial charge is 0.181 e. The number of nitrogen functional groups attached to an aromatic ring is 1. The summed E-state index contributed by atoms with van der Waals surface area (Å²) in [6.45, 7) is 0. The lowest BCUT2D eigenvalue weighted by molar-refractivity contribution is 0.952. The van der Waals surface area contributed by atoms with Crippen molar-refractivity contribution < 1.29 is 0 Å². The Hall–Kier alpha value is -1.92. The van der Waals surface area contributed by atoms with Crippen LogP contribution in [0.1, 0.15) is 11.5 Å². The standard InChI is InChI=1S/C12H10ClN5S/c13-8-3-1-7(2-4-8)11-16-10(17-18-11)5-9-6-19-12(14)15-9/h1-4,6H,5H2,(H2,14,15)(H,16,17,18). The number of halogens is 1. The fourth-order valence-electron chi connectivity index (χ4n) is 1.68. The van der Waals surface area contributed by atoms with Crippen molar-refractivity contribution in [1.82, 2.24) is 20.2 Å². The van der Waals surface area contributed by atoms with Crippen LogP contribution < -0.4 is 5.73 Å². The van der Waals surface area contributed by atoms with Gasteiger partial charge in [-0.2, -0.15) is 5.10 Å². The van der Waals surface area contributed by atoms with Crippen LogP contribution in [0, 0.1) is 0 Å². The number of aromatic nitrogens is 4. The maximum Gasteiger partial charge on any atom is 0.181 e. The molecule has 0 amide bonds. The van der Waals surface area contributed by atoms with Crippen molar-refractivity contribution >= 4 is 28.1 Å². The van der Waals surface area contributed by atoms with E-state index in [0.717, 1.165) is 17.1 Å². The van der Waals surface area contributed by atoms with E-state index >= 15 is 0 Å². The first kappa shape index (κ1) is 12.1. The average molecular weight is 292 g/mol. The SMILES string of the molecule is Nc1nc(Cc2nc(-c3ccc(Cl)cc3)n[nH]2)cs1. The van der Waals surface area contributed by atoms with Gasteiger partial charge in [0, 0.05) is 16.0 Å². The van der Waals surface area contributed by atoms with E-state index in [2.05, 4.69) is 20.2 Å². The van der Waals surface area contributed by atoms with Crippen LogP contribution in [0.4, 0.5) is 5.13 Å². The normalized spacial score (nSPS) is 10.8. The molecule has 96 valence electrons. The molecule has 0 atom stereocenters. The van der Waals surface area contributed by atoms with Crippen LogP contribution in [0.15, 0.2) is 29.6 Å². The highest BCUT2D eigenvalue weighted by molar-refractivity contribution is 7.13. The van der Waals surface area contributed by atoms with E-state index in [1.807, 2.05) is 29.6 Å². The van der Waals surface area contributed by atoms with Crippen molar-refractivity contribution in [3.05, 3.63) is 46.2 Å². The van der Waals surface area contributed by atoms with Crippen LogP contribution in [-0.4, -0.2) is 20.2 Å². The molecule has 2 heterocycles. The second-order valence-electron chi connectivity index (χ2n) is 3.97. The molecule has 1 aromatic carbocycles. The summed E-state index contributed by atoms with van der Waals surface area (Å²) in [5, 5.41) is 10.3. The Morgan fingerprint density at radius 2 is 2.00 bits per heavy atom. The third-order valence-corrected chi connectivity index (χ3v) is 3.53. The van der Waals surface area contributed by atoms with E-state index in [-0.39, 0.29) is 0 Å². The van der Waals surface area contributed by atoms with Crippen molar-refractivity contribution in [3.63, 3.8) is 0 Å². The Kier molecular flexibility index (Phi) is 3.18. The van der Waals surface area contributed by atoms with Gasteiger partial charge in [-0.3, -0.25) is 5.10 Å². The molecule has 3 rings (SSSR count). The molecular weight excluding hydrogens is 282 g/mol. The van der Waals surface area contributed by atoms with Crippen LogP contribution in [0.3, 0.4) is 0 Å². The van der Waals surface area contributed by atoms with Crippen LogP contribution in [0.25, 0.3) is 11.4 Å². The predicted molar refractivity (Wildman–Crippen MR) is 76.2 cm³/mol. The molecule has 2 aromatic heterocycles. The van der Waals surface area contributed by atoms with Crippen molar-refractivity contribution in [2.75, 3.05) is 5.73 Å². The lowest BCUT2D eigenvalue weighted by Crippen LogP contribution is -1.92. The predicted octanol–water partition coefficient (Wildman–Crippen LogP) is 2.75. The van der Waals surface area contributed by atoms with E-state index in [0.29, 0.717) is 22.4 Å². The minimum Gasteiger partial charge on any atom is -0.375 e. The number of nitrogens with zero attached hydrogens (tertiary/aromatic N) is 3. The average Bonchev–Trinajstić information content (AvgIpc) is 3.00. The summed E-state index contributed by atoms with van der Waals surface area (Å²) in [4.78, 5) is 8.62.